The Bertz CT molecular complexity index is 1390. The second-order valence-corrected chi connectivity index (χ2v) is 17.6. The highest BCUT2D eigenvalue weighted by atomic mass is 19.4. The van der Waals surface area contributed by atoms with E-state index in [0.717, 1.165) is 4.90 Å². The van der Waals surface area contributed by atoms with E-state index in [1.807, 2.05) is 27.9 Å². The minimum Gasteiger partial charge on any atom is -0.542 e. The van der Waals surface area contributed by atoms with Crippen molar-refractivity contribution in [1.82, 2.24) is 0 Å². The lowest BCUT2D eigenvalue weighted by Crippen LogP contribution is -3.12. The van der Waals surface area contributed by atoms with Gasteiger partial charge in [-0.15, -0.1) is 0 Å². The maximum absolute atomic E-state index is 14.2. The van der Waals surface area contributed by atoms with Crippen LogP contribution in [0.15, 0.2) is 0 Å². The van der Waals surface area contributed by atoms with Crippen LogP contribution < -0.4 is 10.0 Å². The Morgan fingerprint density at radius 3 is 1.92 bits per heavy atom. The number of carbonyl (C=O) groups is 3. The first kappa shape index (κ1) is 53.1. The number of carboxylic acids is 1. The van der Waals surface area contributed by atoms with Crippen LogP contribution in [0, 0.1) is 23.7 Å². The van der Waals surface area contributed by atoms with Crippen molar-refractivity contribution < 1.29 is 91.1 Å². The molecule has 3 fully saturated rings. The first-order valence-electron chi connectivity index (χ1n) is 20.2. The minimum absolute atomic E-state index is 0.116. The molecule has 3 rings (SSSR count). The first-order chi connectivity index (χ1) is 26.9. The predicted molar refractivity (Wildman–Crippen MR) is 201 cm³/mol. The Balaban J connectivity index is 0.00000157. The van der Waals surface area contributed by atoms with Crippen LogP contribution in [-0.2, 0) is 47.5 Å². The topological polar surface area (TPSA) is 224 Å². The van der Waals surface area contributed by atoms with Crippen LogP contribution in [0.25, 0.3) is 0 Å². The van der Waals surface area contributed by atoms with Crippen LogP contribution in [0.1, 0.15) is 94.9 Å². The summed E-state index contributed by atoms with van der Waals surface area (Å²) >= 11 is 0. The van der Waals surface area contributed by atoms with Gasteiger partial charge < -0.3 is 68.4 Å². The van der Waals surface area contributed by atoms with E-state index in [0.29, 0.717) is 6.42 Å². The number of ether oxygens (including phenoxy) is 7. The predicted octanol–water partition coefficient (Wildman–Crippen LogP) is 0.321. The van der Waals surface area contributed by atoms with Gasteiger partial charge in [0.05, 0.1) is 61.7 Å². The molecule has 3 aliphatic rings. The van der Waals surface area contributed by atoms with Gasteiger partial charge in [-0.2, -0.15) is 13.2 Å². The van der Waals surface area contributed by atoms with Gasteiger partial charge in [-0.3, -0.25) is 9.59 Å². The fourth-order valence-electron chi connectivity index (χ4n) is 8.67. The molecule has 0 radical (unpaired) electrons. The lowest BCUT2D eigenvalue weighted by Gasteiger charge is -2.49. The number of alkyl halides is 3. The number of rotatable bonds is 8. The number of likely N-dealkylation sites (N-methyl/N-ethyl adjacent to an activating group) is 1. The minimum atomic E-state index is -5.19. The molecule has 0 bridgehead atoms. The number of nitrogens with one attached hydrogen (secondary N) is 1. The van der Waals surface area contributed by atoms with Gasteiger partial charge in [0.2, 0.25) is 0 Å². The van der Waals surface area contributed by atoms with Crippen LogP contribution in [0.3, 0.4) is 0 Å². The standard InChI is InChI=1S/C38H69NO13.C2HF3O2/c1-15-26-38(10,45)31(42)21(4)28(40)19(2)17-37(9,47-14)33(52-35-29(41)25(39(11)12)16-20(3)48-35)22(5)30(23(6)34(44)50-26)51-27-18-36(8,46-13)32(43)24(7)49-27;3-2(4,5)1(6)7/h19-27,29-33,35,41-43,45H,15-18H2,1-14H3;(H,6,7)/t19-,20?,21+,22+,23-,24?,25?,26-,27?,29?,30+,31-,32?,33-,35?,36?,37-,38-;/m1./s1. The second-order valence-electron chi connectivity index (χ2n) is 17.6. The van der Waals surface area contributed by atoms with E-state index in [2.05, 4.69) is 0 Å². The lowest BCUT2D eigenvalue weighted by atomic mass is 9.74. The number of aliphatic hydroxyl groups excluding tert-OH is 3. The average molecular weight is 862 g/mol. The van der Waals surface area contributed by atoms with E-state index < -0.39 is 114 Å². The van der Waals surface area contributed by atoms with Crippen LogP contribution in [0.5, 0.6) is 0 Å². The Hall–Kier alpha value is -2.04. The summed E-state index contributed by atoms with van der Waals surface area (Å²) in [6.45, 7) is 17.1. The van der Waals surface area contributed by atoms with E-state index in [1.165, 1.54) is 21.1 Å². The molecule has 0 aromatic carbocycles. The molecule has 16 nitrogen and oxygen atoms in total. The quantitative estimate of drug-likeness (QED) is 0.208. The third-order valence-corrected chi connectivity index (χ3v) is 12.6. The van der Waals surface area contributed by atoms with Crippen molar-refractivity contribution in [3.05, 3.63) is 0 Å². The van der Waals surface area contributed by atoms with E-state index in [9.17, 15) is 43.2 Å². The van der Waals surface area contributed by atoms with Crippen molar-refractivity contribution >= 4 is 17.7 Å². The lowest BCUT2D eigenvalue weighted by molar-refractivity contribution is -0.893. The van der Waals surface area contributed by atoms with Gasteiger partial charge in [0.15, 0.2) is 18.7 Å². The highest BCUT2D eigenvalue weighted by molar-refractivity contribution is 5.83. The van der Waals surface area contributed by atoms with Crippen LogP contribution in [0.2, 0.25) is 0 Å². The van der Waals surface area contributed by atoms with Gasteiger partial charge in [0, 0.05) is 44.8 Å². The summed E-state index contributed by atoms with van der Waals surface area (Å²) in [5, 5.41) is 54.4. The maximum atomic E-state index is 14.2. The zero-order chi connectivity index (χ0) is 45.7. The number of esters is 1. The fraction of sp³-hybridized carbons (Fsp3) is 0.925. The summed E-state index contributed by atoms with van der Waals surface area (Å²) in [6.07, 6.45) is -13.8. The summed E-state index contributed by atoms with van der Waals surface area (Å²) in [5.41, 5.74) is -4.23. The van der Waals surface area contributed by atoms with Crippen molar-refractivity contribution in [2.24, 2.45) is 23.7 Å². The molecule has 0 aromatic heterocycles. The molecule has 8 unspecified atom stereocenters. The number of methoxy groups -OCH3 is 2. The number of hydrogen-bond acceptors (Lipinski definition) is 15. The first-order valence-corrected chi connectivity index (χ1v) is 20.2. The second kappa shape index (κ2) is 20.9. The molecule has 5 N–H and O–H groups in total. The Morgan fingerprint density at radius 2 is 1.44 bits per heavy atom. The van der Waals surface area contributed by atoms with Crippen molar-refractivity contribution in [2.45, 2.75) is 185 Å². The summed E-state index contributed by atoms with van der Waals surface area (Å²) in [6, 6.07) is -0.200. The van der Waals surface area contributed by atoms with Gasteiger partial charge in [0.25, 0.3) is 0 Å². The monoisotopic (exact) mass is 861 g/mol. The molecule has 3 saturated heterocycles. The molecule has 0 aromatic rings. The number of hydrogen-bond donors (Lipinski definition) is 5. The number of Topliss-reactive ketones (excluding diaryl/α,β-unsaturated/α-hetero) is 1. The molecule has 0 aliphatic carbocycles. The molecule has 59 heavy (non-hydrogen) atoms. The third kappa shape index (κ3) is 12.5. The number of aliphatic hydroxyl groups is 4. The molecule has 0 spiro atoms. The van der Waals surface area contributed by atoms with Crippen LogP contribution >= 0.6 is 0 Å². The number of aliphatic carboxylic acids is 1. The molecular weight excluding hydrogens is 791 g/mol. The van der Waals surface area contributed by atoms with Crippen molar-refractivity contribution in [3.8, 4) is 0 Å². The highest BCUT2D eigenvalue weighted by Gasteiger charge is 2.54. The van der Waals surface area contributed by atoms with E-state index >= 15 is 0 Å². The molecule has 18 atom stereocenters. The summed E-state index contributed by atoms with van der Waals surface area (Å²) < 4.78 is 75.5. The molecule has 0 saturated carbocycles. The number of halogens is 3. The van der Waals surface area contributed by atoms with Crippen LogP contribution in [0.4, 0.5) is 13.2 Å². The molecule has 19 heteroatoms. The van der Waals surface area contributed by atoms with Crippen molar-refractivity contribution in [3.63, 3.8) is 0 Å². The molecule has 3 aliphatic heterocycles. The largest absolute Gasteiger partial charge is 0.542 e. The number of carbonyl (C=O) groups excluding carboxylic acids is 3. The fourth-order valence-corrected chi connectivity index (χ4v) is 8.67. The van der Waals surface area contributed by atoms with E-state index in [1.54, 1.807) is 48.5 Å². The number of cyclic esters (lactones) is 1. The van der Waals surface area contributed by atoms with Gasteiger partial charge in [-0.05, 0) is 54.4 Å². The smallest absolute Gasteiger partial charge is 0.430 e. The van der Waals surface area contributed by atoms with Gasteiger partial charge in [-0.1, -0.05) is 27.7 Å². The third-order valence-electron chi connectivity index (χ3n) is 12.6. The number of carboxylic acid groups (broad SMARTS) is 1. The van der Waals surface area contributed by atoms with E-state index in [-0.39, 0.29) is 37.2 Å². The molecular formula is C40H70F3NO15. The van der Waals surface area contributed by atoms with Crippen molar-refractivity contribution in [1.29, 1.82) is 0 Å². The normalized spacial score (nSPS) is 44.5. The number of quaternary nitrogens is 1. The van der Waals surface area contributed by atoms with Gasteiger partial charge >= 0.3 is 12.1 Å². The molecule has 3 heterocycles. The summed E-state index contributed by atoms with van der Waals surface area (Å²) in [4.78, 5) is 38.0. The van der Waals surface area contributed by atoms with Gasteiger partial charge in [0.1, 0.15) is 35.6 Å². The Kier molecular flexibility index (Phi) is 18.8. The Morgan fingerprint density at radius 1 is 0.898 bits per heavy atom. The summed E-state index contributed by atoms with van der Waals surface area (Å²) in [7, 11) is 6.94. The average Bonchev–Trinajstić information content (AvgIpc) is 3.15. The maximum Gasteiger partial charge on any atom is 0.430 e. The van der Waals surface area contributed by atoms with E-state index in [4.69, 9.17) is 43.1 Å². The highest BCUT2D eigenvalue weighted by Crippen LogP contribution is 2.41. The summed E-state index contributed by atoms with van der Waals surface area (Å²) in [5.74, 6) is -7.45. The Labute approximate surface area is 345 Å². The SMILES string of the molecule is CC[C@H]1OC(=O)[C@H](C)[C@@H](OC2CC(C)(OC)C(O)C(C)O2)[C@H](C)[C@@H](OC2OC(C)CC([NH+](C)C)C2O)[C@](C)(OC)C[C@@H](C)C(=O)[C@H](C)[C@@H](O)[C@]1(C)O.O=C([O-])C(F)(F)F. The van der Waals surface area contributed by atoms with Gasteiger partial charge in [-0.25, -0.2) is 0 Å². The zero-order valence-corrected chi connectivity index (χ0v) is 36.9. The molecule has 0 amide bonds. The molecule has 346 valence electrons. The zero-order valence-electron chi connectivity index (χ0n) is 36.9. The number of ketones is 1. The van der Waals surface area contributed by atoms with Crippen molar-refractivity contribution in [2.75, 3.05) is 28.3 Å². The van der Waals surface area contributed by atoms with Crippen LogP contribution in [-0.4, -0.2) is 157 Å².